The summed E-state index contributed by atoms with van der Waals surface area (Å²) in [6, 6.07) is 9.75. The number of benzene rings is 1. The van der Waals surface area contributed by atoms with Crippen LogP contribution in [0.2, 0.25) is 0 Å². The van der Waals surface area contributed by atoms with Crippen molar-refractivity contribution in [2.45, 2.75) is 33.2 Å². The fourth-order valence-corrected chi connectivity index (χ4v) is 2.78. The molecule has 1 aliphatic heterocycles. The van der Waals surface area contributed by atoms with E-state index in [1.165, 1.54) is 12.8 Å². The molecule has 0 amide bonds. The zero-order valence-electron chi connectivity index (χ0n) is 12.6. The van der Waals surface area contributed by atoms with E-state index in [1.807, 2.05) is 12.1 Å². The van der Waals surface area contributed by atoms with Crippen LogP contribution in [0.3, 0.4) is 0 Å². The topological polar surface area (TPSA) is 52.8 Å². The highest BCUT2D eigenvalue weighted by molar-refractivity contribution is 5.79. The molecule has 1 saturated heterocycles. The molecular weight excluding hydrogens is 260 g/mol. The van der Waals surface area contributed by atoms with Gasteiger partial charge in [0.15, 0.2) is 0 Å². The smallest absolute Gasteiger partial charge is 0.0991 e. The van der Waals surface area contributed by atoms with Gasteiger partial charge in [-0.1, -0.05) is 13.8 Å². The number of aromatic nitrogens is 2. The lowest BCUT2D eigenvalue weighted by atomic mass is 9.83. The van der Waals surface area contributed by atoms with Crippen LogP contribution >= 0.6 is 0 Å². The normalized spacial score (nSPS) is 18.5. The number of fused-ring (bicyclic) bond motifs is 1. The van der Waals surface area contributed by atoms with Gasteiger partial charge in [-0.2, -0.15) is 15.5 Å². The van der Waals surface area contributed by atoms with Crippen molar-refractivity contribution in [3.8, 4) is 6.07 Å². The van der Waals surface area contributed by atoms with Crippen LogP contribution in [0.4, 0.5) is 0 Å². The summed E-state index contributed by atoms with van der Waals surface area (Å²) < 4.78 is 0. The Bertz CT molecular complexity index is 689. The minimum Gasteiger partial charge on any atom is -0.297 e. The number of hydrogen-bond donors (Lipinski definition) is 0. The van der Waals surface area contributed by atoms with Crippen molar-refractivity contribution in [1.29, 1.82) is 5.26 Å². The second-order valence-electron chi connectivity index (χ2n) is 6.66. The molecule has 0 unspecified atom stereocenters. The van der Waals surface area contributed by atoms with Gasteiger partial charge in [0.2, 0.25) is 0 Å². The van der Waals surface area contributed by atoms with Crippen molar-refractivity contribution < 1.29 is 0 Å². The van der Waals surface area contributed by atoms with E-state index in [-0.39, 0.29) is 0 Å². The Hall–Kier alpha value is -1.99. The molecular formula is C17H20N4. The Balaban J connectivity index is 1.77. The molecule has 21 heavy (non-hydrogen) atoms. The number of piperidine rings is 1. The Kier molecular flexibility index (Phi) is 3.60. The van der Waals surface area contributed by atoms with Crippen LogP contribution in [0, 0.1) is 16.7 Å². The van der Waals surface area contributed by atoms with Crippen molar-refractivity contribution in [3.63, 3.8) is 0 Å². The van der Waals surface area contributed by atoms with E-state index in [0.29, 0.717) is 11.0 Å². The zero-order chi connectivity index (χ0) is 14.9. The van der Waals surface area contributed by atoms with Crippen molar-refractivity contribution in [1.82, 2.24) is 15.1 Å². The predicted octanol–water partition coefficient (Wildman–Crippen LogP) is 3.12. The molecule has 2 heterocycles. The van der Waals surface area contributed by atoms with Crippen LogP contribution in [0.5, 0.6) is 0 Å². The molecule has 0 atom stereocenters. The molecule has 2 aromatic rings. The third kappa shape index (κ3) is 3.20. The van der Waals surface area contributed by atoms with Crippen molar-refractivity contribution in [2.75, 3.05) is 13.1 Å². The zero-order valence-corrected chi connectivity index (χ0v) is 12.6. The summed E-state index contributed by atoms with van der Waals surface area (Å²) in [5, 5.41) is 18.6. The van der Waals surface area contributed by atoms with E-state index >= 15 is 0 Å². The number of nitrogens with zero attached hydrogens (tertiary/aromatic N) is 4. The summed E-state index contributed by atoms with van der Waals surface area (Å²) in [6.45, 7) is 7.75. The minimum absolute atomic E-state index is 0.466. The van der Waals surface area contributed by atoms with Gasteiger partial charge in [0.25, 0.3) is 0 Å². The van der Waals surface area contributed by atoms with Gasteiger partial charge in [-0.3, -0.25) is 4.90 Å². The highest BCUT2D eigenvalue weighted by Crippen LogP contribution is 2.30. The first kappa shape index (κ1) is 14.0. The third-order valence-electron chi connectivity index (χ3n) is 4.36. The first-order valence-electron chi connectivity index (χ1n) is 7.45. The largest absolute Gasteiger partial charge is 0.297 e. The molecule has 0 spiro atoms. The Labute approximate surface area is 125 Å². The highest BCUT2D eigenvalue weighted by Gasteiger charge is 2.25. The van der Waals surface area contributed by atoms with Gasteiger partial charge < -0.3 is 0 Å². The van der Waals surface area contributed by atoms with E-state index in [4.69, 9.17) is 5.26 Å². The van der Waals surface area contributed by atoms with E-state index in [9.17, 15) is 0 Å². The lowest BCUT2D eigenvalue weighted by molar-refractivity contribution is 0.125. The average Bonchev–Trinajstić information content (AvgIpc) is 2.48. The summed E-state index contributed by atoms with van der Waals surface area (Å²) >= 11 is 0. The van der Waals surface area contributed by atoms with E-state index in [1.54, 1.807) is 6.07 Å². The standard InChI is InChI=1S/C17H20N4/c1-17(2)5-7-21(8-6-17)12-15-10-14-9-13(11-18)3-4-16(14)20-19-15/h3-4,9-10H,5-8,12H2,1-2H3. The first-order valence-corrected chi connectivity index (χ1v) is 7.45. The van der Waals surface area contributed by atoms with Crippen molar-refractivity contribution in [3.05, 3.63) is 35.5 Å². The van der Waals surface area contributed by atoms with Crippen LogP contribution in [0.25, 0.3) is 10.9 Å². The molecule has 0 saturated carbocycles. The van der Waals surface area contributed by atoms with Gasteiger partial charge in [0.05, 0.1) is 22.8 Å². The number of likely N-dealkylation sites (tertiary alicyclic amines) is 1. The Morgan fingerprint density at radius 2 is 1.95 bits per heavy atom. The van der Waals surface area contributed by atoms with E-state index < -0.39 is 0 Å². The van der Waals surface area contributed by atoms with Crippen LogP contribution in [-0.2, 0) is 6.54 Å². The molecule has 4 heteroatoms. The number of rotatable bonds is 2. The predicted molar refractivity (Wildman–Crippen MR) is 82.5 cm³/mol. The SMILES string of the molecule is CC1(C)CCN(Cc2cc3cc(C#N)ccc3nn2)CC1. The molecule has 0 bridgehead atoms. The molecule has 0 aliphatic carbocycles. The Morgan fingerprint density at radius 3 is 2.67 bits per heavy atom. The molecule has 1 fully saturated rings. The maximum Gasteiger partial charge on any atom is 0.0991 e. The fourth-order valence-electron chi connectivity index (χ4n) is 2.78. The molecule has 1 aromatic carbocycles. The lowest BCUT2D eigenvalue weighted by Gasteiger charge is -2.36. The highest BCUT2D eigenvalue weighted by atomic mass is 15.2. The fraction of sp³-hybridized carbons (Fsp3) is 0.471. The summed E-state index contributed by atoms with van der Waals surface area (Å²) in [5.41, 5.74) is 2.96. The van der Waals surface area contributed by atoms with Gasteiger partial charge in [-0.15, -0.1) is 0 Å². The third-order valence-corrected chi connectivity index (χ3v) is 4.36. The van der Waals surface area contributed by atoms with Gasteiger partial charge >= 0.3 is 0 Å². The molecule has 4 nitrogen and oxygen atoms in total. The Morgan fingerprint density at radius 1 is 1.19 bits per heavy atom. The van der Waals surface area contributed by atoms with Gasteiger partial charge in [0.1, 0.15) is 0 Å². The van der Waals surface area contributed by atoms with Crippen LogP contribution in [0.15, 0.2) is 24.3 Å². The summed E-state index contributed by atoms with van der Waals surface area (Å²) in [5.74, 6) is 0. The maximum atomic E-state index is 8.98. The summed E-state index contributed by atoms with van der Waals surface area (Å²) in [7, 11) is 0. The molecule has 108 valence electrons. The second kappa shape index (κ2) is 5.42. The second-order valence-corrected chi connectivity index (χ2v) is 6.66. The quantitative estimate of drug-likeness (QED) is 0.848. The van der Waals surface area contributed by atoms with Crippen LogP contribution < -0.4 is 0 Å². The summed E-state index contributed by atoms with van der Waals surface area (Å²) in [6.07, 6.45) is 2.46. The van der Waals surface area contributed by atoms with Crippen LogP contribution in [0.1, 0.15) is 37.9 Å². The van der Waals surface area contributed by atoms with E-state index in [2.05, 4.69) is 41.1 Å². The molecule has 0 radical (unpaired) electrons. The van der Waals surface area contributed by atoms with Gasteiger partial charge in [-0.25, -0.2) is 0 Å². The van der Waals surface area contributed by atoms with Gasteiger partial charge in [-0.05, 0) is 55.6 Å². The molecule has 3 rings (SSSR count). The maximum absolute atomic E-state index is 8.98. The van der Waals surface area contributed by atoms with Crippen molar-refractivity contribution in [2.24, 2.45) is 5.41 Å². The van der Waals surface area contributed by atoms with E-state index in [0.717, 1.165) is 36.2 Å². The number of nitriles is 1. The van der Waals surface area contributed by atoms with Crippen LogP contribution in [-0.4, -0.2) is 28.2 Å². The van der Waals surface area contributed by atoms with Gasteiger partial charge in [0, 0.05) is 11.9 Å². The van der Waals surface area contributed by atoms with Crippen molar-refractivity contribution >= 4 is 10.9 Å². The first-order chi connectivity index (χ1) is 10.1. The summed E-state index contributed by atoms with van der Waals surface area (Å²) in [4.78, 5) is 2.44. The molecule has 1 aliphatic rings. The average molecular weight is 280 g/mol. The molecule has 0 N–H and O–H groups in total. The minimum atomic E-state index is 0.466. The lowest BCUT2D eigenvalue weighted by Crippen LogP contribution is -2.37. The molecule has 1 aromatic heterocycles. The monoisotopic (exact) mass is 280 g/mol. The number of hydrogen-bond acceptors (Lipinski definition) is 4.